The highest BCUT2D eigenvalue weighted by molar-refractivity contribution is 7.17. The largest absolute Gasteiger partial charge is 0.376 e. The molecule has 2 N–H and O–H groups in total. The van der Waals surface area contributed by atoms with E-state index >= 15 is 0 Å². The molecule has 1 heterocycles. The molecule has 2 aromatic carbocycles. The molecule has 0 radical (unpaired) electrons. The van der Waals surface area contributed by atoms with E-state index in [4.69, 9.17) is 11.6 Å². The average Bonchev–Trinajstić information content (AvgIpc) is 2.98. The number of nitrogens with one attached hydrogen (secondary N) is 2. The Hall–Kier alpha value is -2.37. The van der Waals surface area contributed by atoms with Gasteiger partial charge in [0.05, 0.1) is 17.1 Å². The van der Waals surface area contributed by atoms with Gasteiger partial charge < -0.3 is 5.32 Å². The van der Waals surface area contributed by atoms with Gasteiger partial charge in [-0.15, -0.1) is 11.3 Å². The van der Waals surface area contributed by atoms with E-state index < -0.39 is 0 Å². The van der Waals surface area contributed by atoms with E-state index in [0.29, 0.717) is 4.34 Å². The molecule has 0 aliphatic heterocycles. The minimum Gasteiger partial charge on any atom is -0.376 e. The van der Waals surface area contributed by atoms with E-state index in [-0.39, 0.29) is 12.5 Å². The Labute approximate surface area is 142 Å². The van der Waals surface area contributed by atoms with Crippen LogP contribution in [0.3, 0.4) is 0 Å². The number of carbonyl (C=O) groups excluding carboxylic acids is 1. The van der Waals surface area contributed by atoms with E-state index in [2.05, 4.69) is 15.8 Å². The quantitative estimate of drug-likeness (QED) is 0.541. The first-order chi connectivity index (χ1) is 11.2. The van der Waals surface area contributed by atoms with E-state index in [1.165, 1.54) is 11.3 Å². The molecule has 0 saturated heterocycles. The molecule has 23 heavy (non-hydrogen) atoms. The van der Waals surface area contributed by atoms with Gasteiger partial charge in [0.25, 0.3) is 5.91 Å². The standard InChI is InChI=1S/C17H14ClN3OS/c18-16-9-8-13(23-16)10-20-21-17(22)11-19-15-7-3-5-12-4-1-2-6-14(12)15/h1-10,19H,11H2,(H,21,22)/b20-10+. The minimum atomic E-state index is -0.211. The topological polar surface area (TPSA) is 53.5 Å². The Morgan fingerprint density at radius 1 is 1.13 bits per heavy atom. The normalized spacial score (nSPS) is 11.0. The summed E-state index contributed by atoms with van der Waals surface area (Å²) in [7, 11) is 0. The van der Waals surface area contributed by atoms with Crippen molar-refractivity contribution < 1.29 is 4.79 Å². The lowest BCUT2D eigenvalue weighted by Gasteiger charge is -2.08. The van der Waals surface area contributed by atoms with Crippen LogP contribution in [0.15, 0.2) is 59.7 Å². The molecule has 3 aromatic rings. The molecular weight excluding hydrogens is 330 g/mol. The van der Waals surface area contributed by atoms with Gasteiger partial charge in [0.15, 0.2) is 0 Å². The fraction of sp³-hybridized carbons (Fsp3) is 0.0588. The summed E-state index contributed by atoms with van der Waals surface area (Å²) in [5.74, 6) is -0.211. The first-order valence-electron chi connectivity index (χ1n) is 7.01. The van der Waals surface area contributed by atoms with Crippen molar-refractivity contribution in [1.29, 1.82) is 0 Å². The molecule has 4 nitrogen and oxygen atoms in total. The summed E-state index contributed by atoms with van der Waals surface area (Å²) in [6.45, 7) is 0.149. The minimum absolute atomic E-state index is 0.149. The third-order valence-electron chi connectivity index (χ3n) is 3.20. The molecule has 1 amide bonds. The maximum Gasteiger partial charge on any atom is 0.259 e. The lowest BCUT2D eigenvalue weighted by molar-refractivity contribution is -0.119. The third-order valence-corrected chi connectivity index (χ3v) is 4.37. The molecule has 0 saturated carbocycles. The number of halogens is 1. The van der Waals surface area contributed by atoms with Crippen LogP contribution in [0.2, 0.25) is 4.34 Å². The number of amides is 1. The van der Waals surface area contributed by atoms with Gasteiger partial charge in [-0.05, 0) is 23.6 Å². The predicted octanol–water partition coefficient (Wildman–Crippen LogP) is 4.12. The van der Waals surface area contributed by atoms with Crippen LogP contribution in [-0.4, -0.2) is 18.7 Å². The summed E-state index contributed by atoms with van der Waals surface area (Å²) in [4.78, 5) is 12.7. The lowest BCUT2D eigenvalue weighted by Crippen LogP contribution is -2.25. The zero-order valence-electron chi connectivity index (χ0n) is 12.1. The monoisotopic (exact) mass is 343 g/mol. The van der Waals surface area contributed by atoms with Crippen molar-refractivity contribution in [2.45, 2.75) is 0 Å². The molecule has 0 bridgehead atoms. The molecule has 3 rings (SSSR count). The van der Waals surface area contributed by atoms with Crippen LogP contribution in [0.25, 0.3) is 10.8 Å². The summed E-state index contributed by atoms with van der Waals surface area (Å²) < 4.78 is 0.690. The van der Waals surface area contributed by atoms with Crippen LogP contribution < -0.4 is 10.7 Å². The SMILES string of the molecule is O=C(CNc1cccc2ccccc12)N/N=C/c1ccc(Cl)s1. The van der Waals surface area contributed by atoms with Gasteiger partial charge in [0.2, 0.25) is 0 Å². The fourth-order valence-electron chi connectivity index (χ4n) is 2.16. The second-order valence-corrected chi connectivity index (χ2v) is 6.56. The van der Waals surface area contributed by atoms with Crippen molar-refractivity contribution in [2.75, 3.05) is 11.9 Å². The number of rotatable bonds is 5. The Bertz CT molecular complexity index is 854. The zero-order chi connectivity index (χ0) is 16.1. The summed E-state index contributed by atoms with van der Waals surface area (Å²) in [5, 5.41) is 9.27. The molecule has 0 aliphatic rings. The van der Waals surface area contributed by atoms with Crippen molar-refractivity contribution in [3.8, 4) is 0 Å². The van der Waals surface area contributed by atoms with E-state index in [0.717, 1.165) is 21.3 Å². The maximum absolute atomic E-state index is 11.8. The molecule has 116 valence electrons. The van der Waals surface area contributed by atoms with E-state index in [1.54, 1.807) is 12.3 Å². The highest BCUT2D eigenvalue weighted by Crippen LogP contribution is 2.22. The van der Waals surface area contributed by atoms with Gasteiger partial charge in [-0.1, -0.05) is 48.0 Å². The third kappa shape index (κ3) is 4.09. The highest BCUT2D eigenvalue weighted by atomic mass is 35.5. The van der Waals surface area contributed by atoms with E-state index in [1.807, 2.05) is 48.5 Å². The Morgan fingerprint density at radius 3 is 2.78 bits per heavy atom. The Kier molecular flexibility index (Phi) is 4.90. The van der Waals surface area contributed by atoms with Crippen LogP contribution in [0.1, 0.15) is 4.88 Å². The number of anilines is 1. The molecule has 0 unspecified atom stereocenters. The second kappa shape index (κ2) is 7.26. The first-order valence-corrected chi connectivity index (χ1v) is 8.21. The fourth-order valence-corrected chi connectivity index (χ4v) is 3.09. The van der Waals surface area contributed by atoms with Gasteiger partial charge in [0, 0.05) is 16.0 Å². The summed E-state index contributed by atoms with van der Waals surface area (Å²) in [5.41, 5.74) is 3.41. The number of hydrazone groups is 1. The van der Waals surface area contributed by atoms with Gasteiger partial charge in [-0.3, -0.25) is 4.79 Å². The molecule has 6 heteroatoms. The van der Waals surface area contributed by atoms with Gasteiger partial charge in [0.1, 0.15) is 0 Å². The molecule has 0 fully saturated rings. The number of carbonyl (C=O) groups is 1. The molecular formula is C17H14ClN3OS. The van der Waals surface area contributed by atoms with Gasteiger partial charge >= 0.3 is 0 Å². The summed E-state index contributed by atoms with van der Waals surface area (Å²) in [6.07, 6.45) is 1.58. The first kappa shape index (κ1) is 15.5. The van der Waals surface area contributed by atoms with Crippen molar-refractivity contribution in [2.24, 2.45) is 5.10 Å². The highest BCUT2D eigenvalue weighted by Gasteiger charge is 2.03. The van der Waals surface area contributed by atoms with Crippen molar-refractivity contribution >= 4 is 51.5 Å². The number of benzene rings is 2. The Balaban J connectivity index is 1.57. The van der Waals surface area contributed by atoms with Gasteiger partial charge in [-0.25, -0.2) is 5.43 Å². The lowest BCUT2D eigenvalue weighted by atomic mass is 10.1. The molecule has 0 atom stereocenters. The number of thiophene rings is 1. The predicted molar refractivity (Wildman–Crippen MR) is 97.5 cm³/mol. The smallest absolute Gasteiger partial charge is 0.259 e. The average molecular weight is 344 g/mol. The van der Waals surface area contributed by atoms with Crippen molar-refractivity contribution in [1.82, 2.24) is 5.43 Å². The Morgan fingerprint density at radius 2 is 1.96 bits per heavy atom. The number of hydrogen-bond donors (Lipinski definition) is 2. The molecule has 1 aromatic heterocycles. The summed E-state index contributed by atoms with van der Waals surface area (Å²) in [6, 6.07) is 17.6. The maximum atomic E-state index is 11.8. The van der Waals surface area contributed by atoms with E-state index in [9.17, 15) is 4.79 Å². The van der Waals surface area contributed by atoms with Crippen LogP contribution in [0, 0.1) is 0 Å². The second-order valence-electron chi connectivity index (χ2n) is 4.82. The van der Waals surface area contributed by atoms with Crippen molar-refractivity contribution in [3.63, 3.8) is 0 Å². The number of fused-ring (bicyclic) bond motifs is 1. The van der Waals surface area contributed by atoms with Crippen LogP contribution in [0.4, 0.5) is 5.69 Å². The van der Waals surface area contributed by atoms with Gasteiger partial charge in [-0.2, -0.15) is 5.10 Å². The molecule has 0 spiro atoms. The van der Waals surface area contributed by atoms with Crippen molar-refractivity contribution in [3.05, 3.63) is 63.8 Å². The number of hydrogen-bond acceptors (Lipinski definition) is 4. The summed E-state index contributed by atoms with van der Waals surface area (Å²) >= 11 is 7.23. The number of nitrogens with zero attached hydrogens (tertiary/aromatic N) is 1. The van der Waals surface area contributed by atoms with Crippen LogP contribution in [0.5, 0.6) is 0 Å². The molecule has 0 aliphatic carbocycles. The van der Waals surface area contributed by atoms with Crippen LogP contribution in [-0.2, 0) is 4.79 Å². The van der Waals surface area contributed by atoms with Crippen LogP contribution >= 0.6 is 22.9 Å². The zero-order valence-corrected chi connectivity index (χ0v) is 13.7.